The zero-order valence-corrected chi connectivity index (χ0v) is 19.1. The number of halogens is 1. The third-order valence-corrected chi connectivity index (χ3v) is 6.34. The lowest BCUT2D eigenvalue weighted by Crippen LogP contribution is -2.42. The van der Waals surface area contributed by atoms with E-state index in [0.29, 0.717) is 23.1 Å². The van der Waals surface area contributed by atoms with Gasteiger partial charge < -0.3 is 15.0 Å². The van der Waals surface area contributed by atoms with Crippen LogP contribution < -0.4 is 10.1 Å². The van der Waals surface area contributed by atoms with E-state index in [-0.39, 0.29) is 18.2 Å². The highest BCUT2D eigenvalue weighted by Crippen LogP contribution is 2.21. The molecular formula is C24H24ClN3O3S. The van der Waals surface area contributed by atoms with Gasteiger partial charge in [0.15, 0.2) is 0 Å². The molecule has 1 unspecified atom stereocenters. The number of ether oxygens (including phenoxy) is 1. The number of hydrogen-bond acceptors (Lipinski definition) is 5. The van der Waals surface area contributed by atoms with Crippen molar-refractivity contribution in [1.82, 2.24) is 15.2 Å². The predicted molar refractivity (Wildman–Crippen MR) is 125 cm³/mol. The second-order valence-corrected chi connectivity index (χ2v) is 8.97. The topological polar surface area (TPSA) is 71.5 Å². The number of thiazole rings is 1. The predicted octanol–water partition coefficient (Wildman–Crippen LogP) is 4.40. The van der Waals surface area contributed by atoms with Crippen LogP contribution in [0.25, 0.3) is 0 Å². The lowest BCUT2D eigenvalue weighted by molar-refractivity contribution is -0.135. The summed E-state index contributed by atoms with van der Waals surface area (Å²) in [5, 5.41) is 6.19. The van der Waals surface area contributed by atoms with Crippen molar-refractivity contribution in [3.63, 3.8) is 0 Å². The van der Waals surface area contributed by atoms with Gasteiger partial charge in [-0.2, -0.15) is 0 Å². The first-order chi connectivity index (χ1) is 15.6. The molecule has 2 aromatic carbocycles. The Morgan fingerprint density at radius 2 is 1.81 bits per heavy atom. The van der Waals surface area contributed by atoms with Crippen molar-refractivity contribution in [2.24, 2.45) is 0 Å². The van der Waals surface area contributed by atoms with Crippen molar-refractivity contribution in [3.05, 3.63) is 81.3 Å². The van der Waals surface area contributed by atoms with E-state index in [2.05, 4.69) is 10.3 Å². The maximum absolute atomic E-state index is 13.1. The molecule has 1 atom stereocenters. The number of benzene rings is 2. The highest BCUT2D eigenvalue weighted by Gasteiger charge is 2.29. The zero-order chi connectivity index (χ0) is 22.3. The molecule has 0 spiro atoms. The molecule has 32 heavy (non-hydrogen) atoms. The van der Waals surface area contributed by atoms with Gasteiger partial charge in [0.05, 0.1) is 12.1 Å². The average Bonchev–Trinajstić information content (AvgIpc) is 3.50. The van der Waals surface area contributed by atoms with Crippen molar-refractivity contribution in [2.45, 2.75) is 31.9 Å². The molecule has 0 radical (unpaired) electrons. The minimum Gasteiger partial charge on any atom is -0.486 e. The average molecular weight is 470 g/mol. The SMILES string of the molecule is O=C(Cc1csc(COc2ccc(Cl)cc2)n1)NC(C(=O)N1CCCC1)c1ccccc1. The van der Waals surface area contributed by atoms with Gasteiger partial charge in [-0.1, -0.05) is 41.9 Å². The first-order valence-corrected chi connectivity index (χ1v) is 11.8. The summed E-state index contributed by atoms with van der Waals surface area (Å²) >= 11 is 7.32. The van der Waals surface area contributed by atoms with Crippen molar-refractivity contribution in [2.75, 3.05) is 13.1 Å². The third-order valence-electron chi connectivity index (χ3n) is 5.22. The quantitative estimate of drug-likeness (QED) is 0.530. The summed E-state index contributed by atoms with van der Waals surface area (Å²) in [6.45, 7) is 1.79. The van der Waals surface area contributed by atoms with Crippen LogP contribution in [-0.4, -0.2) is 34.8 Å². The molecule has 3 aromatic rings. The molecule has 1 aliphatic heterocycles. The van der Waals surface area contributed by atoms with E-state index < -0.39 is 6.04 Å². The summed E-state index contributed by atoms with van der Waals surface area (Å²) in [4.78, 5) is 32.1. The van der Waals surface area contributed by atoms with Gasteiger partial charge in [-0.15, -0.1) is 11.3 Å². The molecule has 2 heterocycles. The second kappa shape index (κ2) is 10.6. The zero-order valence-electron chi connectivity index (χ0n) is 17.5. The number of nitrogens with zero attached hydrogens (tertiary/aromatic N) is 2. The van der Waals surface area contributed by atoms with Crippen LogP contribution in [0.5, 0.6) is 5.75 Å². The van der Waals surface area contributed by atoms with Gasteiger partial charge >= 0.3 is 0 Å². The maximum Gasteiger partial charge on any atom is 0.249 e. The van der Waals surface area contributed by atoms with Crippen LogP contribution in [0.2, 0.25) is 5.02 Å². The van der Waals surface area contributed by atoms with E-state index in [1.165, 1.54) is 11.3 Å². The summed E-state index contributed by atoms with van der Waals surface area (Å²) in [6.07, 6.45) is 2.11. The van der Waals surface area contributed by atoms with Crippen LogP contribution in [0.15, 0.2) is 60.0 Å². The van der Waals surface area contributed by atoms with Crippen molar-refractivity contribution in [1.29, 1.82) is 0 Å². The van der Waals surface area contributed by atoms with Gasteiger partial charge in [-0.3, -0.25) is 9.59 Å². The van der Waals surface area contributed by atoms with Crippen LogP contribution in [0.1, 0.15) is 35.1 Å². The van der Waals surface area contributed by atoms with Crippen LogP contribution >= 0.6 is 22.9 Å². The molecule has 8 heteroatoms. The van der Waals surface area contributed by atoms with Crippen LogP contribution in [0, 0.1) is 0 Å². The first-order valence-electron chi connectivity index (χ1n) is 10.5. The number of aromatic nitrogens is 1. The van der Waals surface area contributed by atoms with Crippen LogP contribution in [0.4, 0.5) is 0 Å². The van der Waals surface area contributed by atoms with Crippen LogP contribution in [-0.2, 0) is 22.6 Å². The Bertz CT molecular complexity index is 1050. The molecule has 2 amide bonds. The van der Waals surface area contributed by atoms with Gasteiger partial charge in [-0.25, -0.2) is 4.98 Å². The second-order valence-electron chi connectivity index (χ2n) is 7.60. The Kier molecular flexibility index (Phi) is 7.39. The fourth-order valence-corrected chi connectivity index (χ4v) is 4.43. The largest absolute Gasteiger partial charge is 0.486 e. The van der Waals surface area contributed by atoms with E-state index in [4.69, 9.17) is 16.3 Å². The van der Waals surface area contributed by atoms with Crippen molar-refractivity contribution in [3.8, 4) is 5.75 Å². The highest BCUT2D eigenvalue weighted by molar-refractivity contribution is 7.09. The first kappa shape index (κ1) is 22.3. The fraction of sp³-hybridized carbons (Fsp3) is 0.292. The Hall–Kier alpha value is -2.90. The van der Waals surface area contributed by atoms with Gasteiger partial charge in [0, 0.05) is 23.5 Å². The Balaban J connectivity index is 1.36. The van der Waals surface area contributed by atoms with Crippen LogP contribution in [0.3, 0.4) is 0 Å². The summed E-state index contributed by atoms with van der Waals surface area (Å²) in [5.41, 5.74) is 1.44. The monoisotopic (exact) mass is 469 g/mol. The minimum absolute atomic E-state index is 0.0580. The van der Waals surface area contributed by atoms with Gasteiger partial charge in [0.2, 0.25) is 11.8 Å². The number of hydrogen-bond donors (Lipinski definition) is 1. The van der Waals surface area contributed by atoms with E-state index in [1.807, 2.05) is 40.6 Å². The molecule has 6 nitrogen and oxygen atoms in total. The molecule has 0 saturated carbocycles. The van der Waals surface area contributed by atoms with Gasteiger partial charge in [0.25, 0.3) is 0 Å². The minimum atomic E-state index is -0.687. The molecular weight excluding hydrogens is 446 g/mol. The Morgan fingerprint density at radius 3 is 2.53 bits per heavy atom. The van der Waals surface area contributed by atoms with Crippen molar-refractivity contribution < 1.29 is 14.3 Å². The lowest BCUT2D eigenvalue weighted by atomic mass is 10.1. The smallest absolute Gasteiger partial charge is 0.249 e. The van der Waals surface area contributed by atoms with E-state index in [9.17, 15) is 9.59 Å². The molecule has 166 valence electrons. The number of rotatable bonds is 8. The number of nitrogens with one attached hydrogen (secondary N) is 1. The number of carbonyl (C=O) groups is 2. The fourth-order valence-electron chi connectivity index (χ4n) is 3.60. The van der Waals surface area contributed by atoms with Crippen molar-refractivity contribution >= 4 is 34.8 Å². The third kappa shape index (κ3) is 5.87. The molecule has 1 N–H and O–H groups in total. The summed E-state index contributed by atoms with van der Waals surface area (Å²) in [5.74, 6) is 0.411. The molecule has 4 rings (SSSR count). The molecule has 0 aliphatic carbocycles. The standard InChI is InChI=1S/C24H24ClN3O3S/c25-18-8-10-20(11-9-18)31-15-22-26-19(16-32-22)14-21(29)27-23(17-6-2-1-3-7-17)24(30)28-12-4-5-13-28/h1-3,6-11,16,23H,4-5,12-15H2,(H,27,29). The molecule has 0 bridgehead atoms. The van der Waals surface area contributed by atoms with Gasteiger partial charge in [0.1, 0.15) is 23.4 Å². The molecule has 1 saturated heterocycles. The van der Waals surface area contributed by atoms with E-state index in [1.54, 1.807) is 24.3 Å². The lowest BCUT2D eigenvalue weighted by Gasteiger charge is -2.24. The number of likely N-dealkylation sites (tertiary alicyclic amines) is 1. The number of amides is 2. The number of carbonyl (C=O) groups excluding carboxylic acids is 2. The summed E-state index contributed by atoms with van der Waals surface area (Å²) < 4.78 is 5.71. The molecule has 1 fully saturated rings. The van der Waals surface area contributed by atoms with Gasteiger partial charge in [-0.05, 0) is 42.7 Å². The van der Waals surface area contributed by atoms with E-state index >= 15 is 0 Å². The summed E-state index contributed by atoms with van der Waals surface area (Å²) in [6, 6.07) is 15.8. The summed E-state index contributed by atoms with van der Waals surface area (Å²) in [7, 11) is 0. The van der Waals surface area contributed by atoms with E-state index in [0.717, 1.165) is 36.5 Å². The molecule has 1 aliphatic rings. The maximum atomic E-state index is 13.1. The molecule has 1 aromatic heterocycles. The Labute approximate surface area is 196 Å². The normalized spacial score (nSPS) is 14.2. The highest BCUT2D eigenvalue weighted by atomic mass is 35.5. The Morgan fingerprint density at radius 1 is 1.09 bits per heavy atom.